The number of hydrogen-bond acceptors (Lipinski definition) is 3. The summed E-state index contributed by atoms with van der Waals surface area (Å²) in [4.78, 5) is 11.1. The summed E-state index contributed by atoms with van der Waals surface area (Å²) in [6.45, 7) is 8.70. The molecule has 3 heteroatoms. The lowest BCUT2D eigenvalue weighted by molar-refractivity contribution is -0.146. The Morgan fingerprint density at radius 2 is 2.14 bits per heavy atom. The molecule has 3 nitrogen and oxygen atoms in total. The second-order valence-corrected chi connectivity index (χ2v) is 3.13. The summed E-state index contributed by atoms with van der Waals surface area (Å²) in [5, 5.41) is 9.11. The molecule has 0 spiro atoms. The molecule has 0 unspecified atom stereocenters. The van der Waals surface area contributed by atoms with Gasteiger partial charge in [0.1, 0.15) is 6.10 Å². The Kier molecular flexibility index (Phi) is 6.76. The third kappa shape index (κ3) is 6.43. The fourth-order valence-electron chi connectivity index (χ4n) is 0.888. The molecule has 0 aliphatic heterocycles. The number of carbonyl (C=O) groups excluding carboxylic acids is 1. The van der Waals surface area contributed by atoms with E-state index in [4.69, 9.17) is 9.84 Å². The van der Waals surface area contributed by atoms with Crippen LogP contribution in [-0.4, -0.2) is 23.3 Å². The number of aliphatic hydroxyl groups excluding tert-OH is 1. The van der Waals surface area contributed by atoms with Crippen LogP contribution in [-0.2, 0) is 9.53 Å². The SMILES string of the molecule is C=C[C@@H](C)OC(=O)CCC[C@@H](O)C=C. The van der Waals surface area contributed by atoms with E-state index in [0.717, 1.165) is 0 Å². The number of hydrogen-bond donors (Lipinski definition) is 1. The lowest BCUT2D eigenvalue weighted by Crippen LogP contribution is -2.12. The molecule has 0 aliphatic carbocycles. The van der Waals surface area contributed by atoms with Crippen molar-refractivity contribution in [1.29, 1.82) is 0 Å². The highest BCUT2D eigenvalue weighted by Gasteiger charge is 2.07. The Hall–Kier alpha value is -1.09. The highest BCUT2D eigenvalue weighted by Crippen LogP contribution is 2.04. The quantitative estimate of drug-likeness (QED) is 0.501. The van der Waals surface area contributed by atoms with Crippen molar-refractivity contribution >= 4 is 5.97 Å². The summed E-state index contributed by atoms with van der Waals surface area (Å²) in [7, 11) is 0. The molecule has 0 aliphatic rings. The van der Waals surface area contributed by atoms with Gasteiger partial charge in [-0.15, -0.1) is 6.58 Å². The molecule has 0 aromatic heterocycles. The Labute approximate surface area is 85.1 Å². The first-order chi connectivity index (χ1) is 6.60. The van der Waals surface area contributed by atoms with Gasteiger partial charge >= 0.3 is 5.97 Å². The molecule has 0 bridgehead atoms. The van der Waals surface area contributed by atoms with Crippen molar-refractivity contribution in [2.24, 2.45) is 0 Å². The van der Waals surface area contributed by atoms with Crippen LogP contribution in [0, 0.1) is 0 Å². The third-order valence-corrected chi connectivity index (χ3v) is 1.80. The van der Waals surface area contributed by atoms with E-state index in [-0.39, 0.29) is 12.1 Å². The van der Waals surface area contributed by atoms with Crippen LogP contribution >= 0.6 is 0 Å². The molecule has 0 radical (unpaired) electrons. The van der Waals surface area contributed by atoms with Crippen molar-refractivity contribution in [2.75, 3.05) is 0 Å². The Morgan fingerprint density at radius 3 is 2.64 bits per heavy atom. The minimum atomic E-state index is -0.528. The fourth-order valence-corrected chi connectivity index (χ4v) is 0.888. The first-order valence-electron chi connectivity index (χ1n) is 4.72. The van der Waals surface area contributed by atoms with E-state index < -0.39 is 6.10 Å². The van der Waals surface area contributed by atoms with Gasteiger partial charge in [-0.3, -0.25) is 4.79 Å². The molecular weight excluding hydrogens is 180 g/mol. The lowest BCUT2D eigenvalue weighted by Gasteiger charge is -2.09. The fraction of sp³-hybridized carbons (Fsp3) is 0.545. The van der Waals surface area contributed by atoms with E-state index in [1.165, 1.54) is 6.08 Å². The maximum absolute atomic E-state index is 11.1. The molecule has 0 aromatic carbocycles. The highest BCUT2D eigenvalue weighted by atomic mass is 16.5. The summed E-state index contributed by atoms with van der Waals surface area (Å²) in [6, 6.07) is 0. The second-order valence-electron chi connectivity index (χ2n) is 3.13. The van der Waals surface area contributed by atoms with E-state index in [2.05, 4.69) is 13.2 Å². The van der Waals surface area contributed by atoms with Crippen molar-refractivity contribution in [1.82, 2.24) is 0 Å². The topological polar surface area (TPSA) is 46.5 Å². The average molecular weight is 198 g/mol. The minimum Gasteiger partial charge on any atom is -0.458 e. The molecule has 14 heavy (non-hydrogen) atoms. The second kappa shape index (κ2) is 7.33. The van der Waals surface area contributed by atoms with E-state index >= 15 is 0 Å². The van der Waals surface area contributed by atoms with Gasteiger partial charge in [-0.05, 0) is 19.8 Å². The van der Waals surface area contributed by atoms with Crippen LogP contribution in [0.25, 0.3) is 0 Å². The predicted octanol–water partition coefficient (Wildman–Crippen LogP) is 1.82. The largest absolute Gasteiger partial charge is 0.458 e. The number of carbonyl (C=O) groups is 1. The Balaban J connectivity index is 3.54. The van der Waals surface area contributed by atoms with Gasteiger partial charge in [-0.25, -0.2) is 0 Å². The maximum Gasteiger partial charge on any atom is 0.306 e. The highest BCUT2D eigenvalue weighted by molar-refractivity contribution is 5.69. The van der Waals surface area contributed by atoms with Gasteiger partial charge in [-0.1, -0.05) is 18.7 Å². The number of ether oxygens (including phenoxy) is 1. The van der Waals surface area contributed by atoms with Crippen LogP contribution in [0.3, 0.4) is 0 Å². The molecule has 1 N–H and O–H groups in total. The molecule has 0 aromatic rings. The molecule has 2 atom stereocenters. The van der Waals surface area contributed by atoms with Crippen LogP contribution in [0.5, 0.6) is 0 Å². The summed E-state index contributed by atoms with van der Waals surface area (Å²) in [5.74, 6) is -0.256. The predicted molar refractivity (Wildman–Crippen MR) is 55.8 cm³/mol. The summed E-state index contributed by atoms with van der Waals surface area (Å²) in [5.41, 5.74) is 0. The summed E-state index contributed by atoms with van der Waals surface area (Å²) < 4.78 is 4.95. The third-order valence-electron chi connectivity index (χ3n) is 1.80. The molecule has 0 fully saturated rings. The standard InChI is InChI=1S/C11H18O3/c1-4-9(3)14-11(13)8-6-7-10(12)5-2/h4-5,9-10,12H,1-2,6-8H2,3H3/t9-,10+/m1/s1. The van der Waals surface area contributed by atoms with Crippen molar-refractivity contribution < 1.29 is 14.6 Å². The van der Waals surface area contributed by atoms with Crippen molar-refractivity contribution in [3.05, 3.63) is 25.3 Å². The van der Waals surface area contributed by atoms with Crippen LogP contribution < -0.4 is 0 Å². The minimum absolute atomic E-state index is 0.244. The maximum atomic E-state index is 11.1. The van der Waals surface area contributed by atoms with E-state index in [1.54, 1.807) is 13.0 Å². The van der Waals surface area contributed by atoms with Crippen LogP contribution in [0.4, 0.5) is 0 Å². The van der Waals surface area contributed by atoms with Gasteiger partial charge < -0.3 is 9.84 Å². The number of esters is 1. The molecular formula is C11H18O3. The summed E-state index contributed by atoms with van der Waals surface area (Å²) in [6.07, 6.45) is 3.72. The van der Waals surface area contributed by atoms with E-state index in [1.807, 2.05) is 0 Å². The Bertz CT molecular complexity index is 199. The number of aliphatic hydroxyl groups is 1. The summed E-state index contributed by atoms with van der Waals surface area (Å²) >= 11 is 0. The van der Waals surface area contributed by atoms with Crippen molar-refractivity contribution in [2.45, 2.75) is 38.4 Å². The van der Waals surface area contributed by atoms with Gasteiger partial charge in [0.2, 0.25) is 0 Å². The molecule has 80 valence electrons. The average Bonchev–Trinajstić information content (AvgIpc) is 2.17. The number of rotatable bonds is 7. The smallest absolute Gasteiger partial charge is 0.306 e. The zero-order valence-corrected chi connectivity index (χ0v) is 8.61. The van der Waals surface area contributed by atoms with E-state index in [0.29, 0.717) is 19.3 Å². The molecule has 0 heterocycles. The van der Waals surface area contributed by atoms with Crippen molar-refractivity contribution in [3.8, 4) is 0 Å². The zero-order valence-electron chi connectivity index (χ0n) is 8.61. The van der Waals surface area contributed by atoms with Crippen LogP contribution in [0.2, 0.25) is 0 Å². The molecule has 0 saturated heterocycles. The molecule has 0 saturated carbocycles. The van der Waals surface area contributed by atoms with Gasteiger partial charge in [0, 0.05) is 6.42 Å². The molecule has 0 rings (SSSR count). The van der Waals surface area contributed by atoms with Gasteiger partial charge in [0.15, 0.2) is 0 Å². The normalized spacial score (nSPS) is 14.1. The first-order valence-corrected chi connectivity index (χ1v) is 4.72. The van der Waals surface area contributed by atoms with Gasteiger partial charge in [0.05, 0.1) is 6.10 Å². The monoisotopic (exact) mass is 198 g/mol. The van der Waals surface area contributed by atoms with E-state index in [9.17, 15) is 4.79 Å². The van der Waals surface area contributed by atoms with Crippen molar-refractivity contribution in [3.63, 3.8) is 0 Å². The first kappa shape index (κ1) is 12.9. The Morgan fingerprint density at radius 1 is 1.50 bits per heavy atom. The van der Waals surface area contributed by atoms with Crippen LogP contribution in [0.1, 0.15) is 26.2 Å². The lowest BCUT2D eigenvalue weighted by atomic mass is 10.1. The van der Waals surface area contributed by atoms with Crippen LogP contribution in [0.15, 0.2) is 25.3 Å². The van der Waals surface area contributed by atoms with Gasteiger partial charge in [0.25, 0.3) is 0 Å². The zero-order chi connectivity index (χ0) is 11.0. The molecule has 0 amide bonds. The van der Waals surface area contributed by atoms with Gasteiger partial charge in [-0.2, -0.15) is 0 Å².